The topological polar surface area (TPSA) is 74.3 Å². The zero-order valence-electron chi connectivity index (χ0n) is 17.9. The molecule has 3 aromatic rings. The number of aromatic nitrogens is 1. The molecule has 32 heavy (non-hydrogen) atoms. The Balaban J connectivity index is 1.35. The van der Waals surface area contributed by atoms with Crippen LogP contribution in [0.2, 0.25) is 5.02 Å². The van der Waals surface area contributed by atoms with Gasteiger partial charge in [0.25, 0.3) is 11.8 Å². The van der Waals surface area contributed by atoms with Crippen molar-refractivity contribution in [2.45, 2.75) is 32.7 Å². The van der Waals surface area contributed by atoms with Crippen LogP contribution in [0, 0.1) is 6.92 Å². The third-order valence-electron chi connectivity index (χ3n) is 5.48. The lowest BCUT2D eigenvalue weighted by atomic mass is 10.1. The predicted molar refractivity (Wildman–Crippen MR) is 130 cm³/mol. The van der Waals surface area contributed by atoms with E-state index in [0.29, 0.717) is 26.3 Å². The van der Waals surface area contributed by atoms with Gasteiger partial charge in [0.1, 0.15) is 4.88 Å². The van der Waals surface area contributed by atoms with Crippen molar-refractivity contribution in [1.29, 1.82) is 0 Å². The quantitative estimate of drug-likeness (QED) is 0.494. The van der Waals surface area contributed by atoms with Crippen LogP contribution in [0.5, 0.6) is 0 Å². The van der Waals surface area contributed by atoms with Gasteiger partial charge in [-0.2, -0.15) is 0 Å². The van der Waals surface area contributed by atoms with E-state index in [2.05, 4.69) is 20.5 Å². The number of amides is 2. The summed E-state index contributed by atoms with van der Waals surface area (Å²) in [5, 5.41) is 6.43. The number of thiazole rings is 1. The number of carbonyl (C=O) groups excluding carboxylic acids is 2. The van der Waals surface area contributed by atoms with Crippen LogP contribution in [0.3, 0.4) is 0 Å². The van der Waals surface area contributed by atoms with E-state index in [4.69, 9.17) is 11.6 Å². The average Bonchev–Trinajstić information content (AvgIpc) is 3.26. The third kappa shape index (κ3) is 5.54. The van der Waals surface area contributed by atoms with Crippen molar-refractivity contribution in [3.05, 3.63) is 75.3 Å². The third-order valence-corrected chi connectivity index (χ3v) is 6.71. The molecule has 2 aromatic carbocycles. The van der Waals surface area contributed by atoms with Gasteiger partial charge in [-0.15, -0.1) is 0 Å². The smallest absolute Gasteiger partial charge is 0.267 e. The molecule has 2 amide bonds. The summed E-state index contributed by atoms with van der Waals surface area (Å²) in [6.07, 6.45) is 5.28. The molecule has 1 fully saturated rings. The number of anilines is 2. The van der Waals surface area contributed by atoms with Crippen LogP contribution in [-0.4, -0.2) is 34.8 Å². The lowest BCUT2D eigenvalue weighted by molar-refractivity contribution is 0.102. The number of hydrogen-bond donors (Lipinski definition) is 2. The summed E-state index contributed by atoms with van der Waals surface area (Å²) in [4.78, 5) is 32.2. The van der Waals surface area contributed by atoms with Crippen LogP contribution in [0.4, 0.5) is 10.8 Å². The fourth-order valence-electron chi connectivity index (χ4n) is 3.71. The highest BCUT2D eigenvalue weighted by atomic mass is 35.5. The first-order valence-corrected chi connectivity index (χ1v) is 11.8. The minimum atomic E-state index is -0.318. The molecule has 0 radical (unpaired) electrons. The Morgan fingerprint density at radius 2 is 1.78 bits per heavy atom. The van der Waals surface area contributed by atoms with Gasteiger partial charge in [0.15, 0.2) is 5.13 Å². The first kappa shape index (κ1) is 22.5. The highest BCUT2D eigenvalue weighted by Crippen LogP contribution is 2.27. The van der Waals surface area contributed by atoms with Crippen LogP contribution < -0.4 is 10.6 Å². The van der Waals surface area contributed by atoms with E-state index in [-0.39, 0.29) is 11.8 Å². The average molecular weight is 469 g/mol. The number of hydrogen-bond acceptors (Lipinski definition) is 5. The summed E-state index contributed by atoms with van der Waals surface area (Å²) in [5.74, 6) is -0.570. The van der Waals surface area contributed by atoms with Crippen molar-refractivity contribution < 1.29 is 9.59 Å². The van der Waals surface area contributed by atoms with E-state index < -0.39 is 0 Å². The molecule has 1 saturated heterocycles. The molecule has 1 aromatic heterocycles. The zero-order valence-corrected chi connectivity index (χ0v) is 19.4. The lowest BCUT2D eigenvalue weighted by Gasteiger charge is -2.26. The van der Waals surface area contributed by atoms with E-state index in [1.165, 1.54) is 31.0 Å². The van der Waals surface area contributed by atoms with Crippen molar-refractivity contribution in [1.82, 2.24) is 9.88 Å². The van der Waals surface area contributed by atoms with Crippen LogP contribution in [-0.2, 0) is 6.54 Å². The van der Waals surface area contributed by atoms with Crippen LogP contribution in [0.25, 0.3) is 0 Å². The SMILES string of the molecule is Cc1cccc(Cl)c1NC(=O)c1cnc(NC(=O)c2ccc(CN3CCCCC3)cc2)s1. The number of rotatable bonds is 6. The fourth-order valence-corrected chi connectivity index (χ4v) is 4.68. The first-order valence-electron chi connectivity index (χ1n) is 10.6. The maximum atomic E-state index is 12.6. The Kier molecular flexibility index (Phi) is 7.19. The van der Waals surface area contributed by atoms with E-state index >= 15 is 0 Å². The summed E-state index contributed by atoms with van der Waals surface area (Å²) in [6.45, 7) is 5.06. The maximum absolute atomic E-state index is 12.6. The second-order valence-electron chi connectivity index (χ2n) is 7.90. The molecule has 0 unspecified atom stereocenters. The minimum Gasteiger partial charge on any atom is -0.320 e. The standard InChI is InChI=1S/C24H25ClN4O2S/c1-16-6-5-7-19(25)21(16)27-23(31)20-14-26-24(32-20)28-22(30)18-10-8-17(9-11-18)15-29-12-3-2-4-13-29/h5-11,14H,2-4,12-13,15H2,1H3,(H,27,31)(H,26,28,30). The highest BCUT2D eigenvalue weighted by molar-refractivity contribution is 7.17. The van der Waals surface area contributed by atoms with Gasteiger partial charge < -0.3 is 5.32 Å². The van der Waals surface area contributed by atoms with Gasteiger partial charge in [-0.3, -0.25) is 19.8 Å². The van der Waals surface area contributed by atoms with Crippen molar-refractivity contribution in [2.75, 3.05) is 23.7 Å². The van der Waals surface area contributed by atoms with Gasteiger partial charge in [0.05, 0.1) is 16.9 Å². The van der Waals surface area contributed by atoms with Crippen LogP contribution in [0.1, 0.15) is 50.4 Å². The van der Waals surface area contributed by atoms with Gasteiger partial charge in [-0.25, -0.2) is 4.98 Å². The number of nitrogens with zero attached hydrogens (tertiary/aromatic N) is 2. The second kappa shape index (κ2) is 10.3. The minimum absolute atomic E-state index is 0.252. The van der Waals surface area contributed by atoms with Gasteiger partial charge in [-0.1, -0.05) is 53.6 Å². The molecule has 6 nitrogen and oxygen atoms in total. The van der Waals surface area contributed by atoms with E-state index in [1.54, 1.807) is 6.07 Å². The van der Waals surface area contributed by atoms with Crippen molar-refractivity contribution in [3.8, 4) is 0 Å². The maximum Gasteiger partial charge on any atom is 0.267 e. The van der Waals surface area contributed by atoms with Gasteiger partial charge in [0.2, 0.25) is 0 Å². The Labute approximate surface area is 196 Å². The molecule has 0 spiro atoms. The molecular formula is C24H25ClN4O2S. The Morgan fingerprint density at radius 1 is 1.03 bits per heavy atom. The zero-order chi connectivity index (χ0) is 22.5. The Morgan fingerprint density at radius 3 is 2.50 bits per heavy atom. The molecule has 0 atom stereocenters. The molecular weight excluding hydrogens is 444 g/mol. The van der Waals surface area contributed by atoms with Crippen LogP contribution in [0.15, 0.2) is 48.7 Å². The predicted octanol–water partition coefficient (Wildman–Crippen LogP) is 5.60. The molecule has 0 bridgehead atoms. The van der Waals surface area contributed by atoms with E-state index in [0.717, 1.165) is 36.5 Å². The highest BCUT2D eigenvalue weighted by Gasteiger charge is 2.16. The number of likely N-dealkylation sites (tertiary alicyclic amines) is 1. The number of benzene rings is 2. The number of piperidine rings is 1. The largest absolute Gasteiger partial charge is 0.320 e. The molecule has 8 heteroatoms. The van der Waals surface area contributed by atoms with E-state index in [1.807, 2.05) is 43.3 Å². The number of aryl methyl sites for hydroxylation is 1. The van der Waals surface area contributed by atoms with Crippen molar-refractivity contribution in [3.63, 3.8) is 0 Å². The molecule has 166 valence electrons. The molecule has 1 aliphatic heterocycles. The van der Waals surface area contributed by atoms with Gasteiger partial charge in [0, 0.05) is 12.1 Å². The molecule has 1 aliphatic rings. The first-order chi connectivity index (χ1) is 15.5. The van der Waals surface area contributed by atoms with Crippen molar-refractivity contribution >= 4 is 45.6 Å². The van der Waals surface area contributed by atoms with Gasteiger partial charge in [-0.05, 0) is 62.2 Å². The Hall–Kier alpha value is -2.74. The molecule has 0 aliphatic carbocycles. The van der Waals surface area contributed by atoms with Crippen LogP contribution >= 0.6 is 22.9 Å². The normalized spacial score (nSPS) is 14.2. The summed E-state index contributed by atoms with van der Waals surface area (Å²) in [5.41, 5.74) is 3.20. The summed E-state index contributed by atoms with van der Waals surface area (Å²) < 4.78 is 0. The molecule has 0 saturated carbocycles. The fraction of sp³-hybridized carbons (Fsp3) is 0.292. The molecule has 4 rings (SSSR count). The number of halogens is 1. The van der Waals surface area contributed by atoms with Crippen molar-refractivity contribution in [2.24, 2.45) is 0 Å². The summed E-state index contributed by atoms with van der Waals surface area (Å²) >= 11 is 7.30. The second-order valence-corrected chi connectivity index (χ2v) is 9.34. The summed E-state index contributed by atoms with van der Waals surface area (Å²) in [6, 6.07) is 13.1. The number of nitrogens with one attached hydrogen (secondary N) is 2. The van der Waals surface area contributed by atoms with E-state index in [9.17, 15) is 9.59 Å². The Bertz CT molecular complexity index is 1090. The summed E-state index contributed by atoms with van der Waals surface area (Å²) in [7, 11) is 0. The monoisotopic (exact) mass is 468 g/mol. The molecule has 2 N–H and O–H groups in total. The lowest BCUT2D eigenvalue weighted by Crippen LogP contribution is -2.29. The molecule has 2 heterocycles. The number of carbonyl (C=O) groups is 2. The number of para-hydroxylation sites is 1. The van der Waals surface area contributed by atoms with Gasteiger partial charge >= 0.3 is 0 Å².